The molecule has 0 saturated heterocycles. The van der Waals surface area contributed by atoms with Crippen molar-refractivity contribution in [2.45, 2.75) is 5.21 Å². The van der Waals surface area contributed by atoms with Crippen LogP contribution in [0.1, 0.15) is 10.5 Å². The predicted octanol–water partition coefficient (Wildman–Crippen LogP) is 1.67. The third-order valence-corrected chi connectivity index (χ3v) is 4.79. The van der Waals surface area contributed by atoms with Gasteiger partial charge in [0.1, 0.15) is 0 Å². The monoisotopic (exact) mass is 341 g/mol. The second-order valence-corrected chi connectivity index (χ2v) is 6.64. The molecule has 0 aliphatic heterocycles. The number of halogens is 1. The topological polar surface area (TPSA) is 87.5 Å². The maximum absolute atomic E-state index is 11.8. The Bertz CT molecular complexity index is 674. The van der Waals surface area contributed by atoms with Gasteiger partial charge in [-0.15, -0.1) is 0 Å². The molecule has 7 heteroatoms. The first-order valence-electron chi connectivity index (χ1n) is 5.26. The van der Waals surface area contributed by atoms with Gasteiger partial charge in [0, 0.05) is 0 Å². The standard InChI is InChI=1S/C12H9AsClNO4/c14-7-2-1-6-3-9(16)11(15-8(6)4-7)12(19)13-5-10(17)18/h1-4,13,16H,5H2,(H,17,18). The molecule has 0 saturated carbocycles. The Kier molecular flexibility index (Phi) is 4.07. The van der Waals surface area contributed by atoms with E-state index in [4.69, 9.17) is 16.7 Å². The molecule has 1 aromatic heterocycles. The number of benzene rings is 1. The van der Waals surface area contributed by atoms with E-state index in [1.54, 1.807) is 18.2 Å². The number of pyridine rings is 1. The van der Waals surface area contributed by atoms with Gasteiger partial charge >= 0.3 is 120 Å². The molecule has 0 radical (unpaired) electrons. The zero-order valence-electron chi connectivity index (χ0n) is 9.55. The molecule has 2 rings (SSSR count). The van der Waals surface area contributed by atoms with Crippen LogP contribution in [-0.4, -0.2) is 41.5 Å². The number of carboxylic acids is 1. The number of fused-ring (bicyclic) bond motifs is 1. The van der Waals surface area contributed by atoms with Gasteiger partial charge in [-0.2, -0.15) is 0 Å². The summed E-state index contributed by atoms with van der Waals surface area (Å²) >= 11 is 4.46. The summed E-state index contributed by atoms with van der Waals surface area (Å²) in [5, 5.41) is 19.3. The minimum absolute atomic E-state index is 0.0731. The zero-order chi connectivity index (χ0) is 14.0. The summed E-state index contributed by atoms with van der Waals surface area (Å²) in [5.74, 6) is -1.24. The Balaban J connectivity index is 2.39. The summed E-state index contributed by atoms with van der Waals surface area (Å²) in [7, 11) is 0. The van der Waals surface area contributed by atoms with Crippen LogP contribution in [0.5, 0.6) is 5.75 Å². The van der Waals surface area contributed by atoms with Crippen LogP contribution in [0.15, 0.2) is 24.3 Å². The average molecular weight is 342 g/mol. The van der Waals surface area contributed by atoms with Gasteiger partial charge in [0.25, 0.3) is 0 Å². The van der Waals surface area contributed by atoms with E-state index in [9.17, 15) is 14.7 Å². The van der Waals surface area contributed by atoms with E-state index in [0.717, 1.165) is 0 Å². The van der Waals surface area contributed by atoms with Crippen molar-refractivity contribution in [3.05, 3.63) is 35.0 Å². The van der Waals surface area contributed by atoms with Crippen molar-refractivity contribution < 1.29 is 19.8 Å². The normalized spacial score (nSPS) is 11.2. The Morgan fingerprint density at radius 2 is 2.05 bits per heavy atom. The first-order chi connectivity index (χ1) is 8.97. The molecule has 0 amide bonds. The molecular weight excluding hydrogens is 333 g/mol. The number of carboxylic acid groups (broad SMARTS) is 1. The number of aromatic hydroxyl groups is 1. The van der Waals surface area contributed by atoms with Crippen molar-refractivity contribution in [3.63, 3.8) is 0 Å². The molecule has 1 heterocycles. The van der Waals surface area contributed by atoms with Crippen molar-refractivity contribution in [3.8, 4) is 5.75 Å². The number of carbonyl (C=O) groups is 2. The zero-order valence-corrected chi connectivity index (χ0v) is 12.4. The summed E-state index contributed by atoms with van der Waals surface area (Å²) in [6.45, 7) is 0. The van der Waals surface area contributed by atoms with Crippen molar-refractivity contribution in [1.29, 1.82) is 0 Å². The Labute approximate surface area is 119 Å². The van der Waals surface area contributed by atoms with Crippen molar-refractivity contribution >= 4 is 48.8 Å². The first-order valence-corrected chi connectivity index (χ1v) is 8.17. The second kappa shape index (κ2) is 5.59. The van der Waals surface area contributed by atoms with E-state index in [0.29, 0.717) is 15.9 Å². The number of carbonyl (C=O) groups excluding carboxylic acids is 1. The van der Waals surface area contributed by atoms with Gasteiger partial charge in [-0.3, -0.25) is 0 Å². The van der Waals surface area contributed by atoms with Gasteiger partial charge in [0.05, 0.1) is 0 Å². The quantitative estimate of drug-likeness (QED) is 0.826. The second-order valence-electron chi connectivity index (χ2n) is 3.77. The summed E-state index contributed by atoms with van der Waals surface area (Å²) < 4.78 is -0.387. The van der Waals surface area contributed by atoms with Crippen LogP contribution in [0, 0.1) is 0 Å². The van der Waals surface area contributed by atoms with Crippen LogP contribution in [-0.2, 0) is 4.79 Å². The molecule has 2 aromatic rings. The number of hydrogen-bond acceptors (Lipinski definition) is 4. The van der Waals surface area contributed by atoms with Crippen LogP contribution in [0.3, 0.4) is 0 Å². The molecular formula is C12H9AsClNO4. The molecule has 1 aromatic carbocycles. The van der Waals surface area contributed by atoms with E-state index in [-0.39, 0.29) is 21.2 Å². The van der Waals surface area contributed by atoms with Crippen LogP contribution in [0.4, 0.5) is 0 Å². The Morgan fingerprint density at radius 3 is 2.74 bits per heavy atom. The Hall–Kier alpha value is -1.58. The molecule has 5 nitrogen and oxygen atoms in total. The molecule has 0 aliphatic carbocycles. The Morgan fingerprint density at radius 1 is 1.32 bits per heavy atom. The minimum atomic E-state index is -1.37. The van der Waals surface area contributed by atoms with Gasteiger partial charge in [-0.1, -0.05) is 0 Å². The molecule has 0 fully saturated rings. The maximum atomic E-state index is 11.8. The van der Waals surface area contributed by atoms with Crippen LogP contribution in [0.25, 0.3) is 10.9 Å². The molecule has 19 heavy (non-hydrogen) atoms. The van der Waals surface area contributed by atoms with E-state index in [1.807, 2.05) is 0 Å². The summed E-state index contributed by atoms with van der Waals surface area (Å²) in [6.07, 6.45) is 0. The SMILES string of the molecule is O=C(O)C[AsH]C(=O)c1nc2cc(Cl)ccc2cc1O. The number of aromatic nitrogens is 1. The van der Waals surface area contributed by atoms with Gasteiger partial charge in [0.2, 0.25) is 0 Å². The fraction of sp³-hybridized carbons (Fsp3) is 0.0833. The van der Waals surface area contributed by atoms with Gasteiger partial charge in [0.15, 0.2) is 0 Å². The van der Waals surface area contributed by atoms with Crippen molar-refractivity contribution in [1.82, 2.24) is 4.98 Å². The van der Waals surface area contributed by atoms with Crippen LogP contribution in [0.2, 0.25) is 10.2 Å². The fourth-order valence-corrected chi connectivity index (χ4v) is 3.09. The molecule has 0 aliphatic rings. The third kappa shape index (κ3) is 3.25. The number of aliphatic carboxylic acids is 1. The molecule has 1 atom stereocenters. The number of nitrogens with zero attached hydrogens (tertiary/aromatic N) is 1. The number of hydrogen-bond donors (Lipinski definition) is 2. The summed E-state index contributed by atoms with van der Waals surface area (Å²) in [5.41, 5.74) is 0.423. The first kappa shape index (κ1) is 13.8. The molecule has 98 valence electrons. The summed E-state index contributed by atoms with van der Waals surface area (Å²) in [6, 6.07) is 6.36. The van der Waals surface area contributed by atoms with Gasteiger partial charge in [-0.25, -0.2) is 0 Å². The van der Waals surface area contributed by atoms with E-state index < -0.39 is 21.7 Å². The van der Waals surface area contributed by atoms with Crippen LogP contribution >= 0.6 is 11.6 Å². The van der Waals surface area contributed by atoms with Crippen LogP contribution < -0.4 is 0 Å². The molecule has 0 bridgehead atoms. The fourth-order valence-electron chi connectivity index (χ4n) is 1.54. The van der Waals surface area contributed by atoms with E-state index >= 15 is 0 Å². The molecule has 0 spiro atoms. The summed E-state index contributed by atoms with van der Waals surface area (Å²) in [4.78, 5) is 26.4. The van der Waals surface area contributed by atoms with Gasteiger partial charge in [-0.05, 0) is 0 Å². The van der Waals surface area contributed by atoms with E-state index in [2.05, 4.69) is 4.98 Å². The third-order valence-electron chi connectivity index (χ3n) is 2.37. The van der Waals surface area contributed by atoms with Crippen molar-refractivity contribution in [2.24, 2.45) is 0 Å². The average Bonchev–Trinajstić information content (AvgIpc) is 2.35. The van der Waals surface area contributed by atoms with Gasteiger partial charge < -0.3 is 0 Å². The molecule has 2 N–H and O–H groups in total. The number of rotatable bonds is 4. The molecule has 1 unspecified atom stereocenters. The van der Waals surface area contributed by atoms with Crippen molar-refractivity contribution in [2.75, 3.05) is 0 Å². The van der Waals surface area contributed by atoms with E-state index in [1.165, 1.54) is 6.07 Å². The predicted molar refractivity (Wildman–Crippen MR) is 72.3 cm³/mol.